The lowest BCUT2D eigenvalue weighted by Gasteiger charge is -2.14. The van der Waals surface area contributed by atoms with Crippen molar-refractivity contribution >= 4 is 21.8 Å². The number of nitrogens with one attached hydrogen (secondary N) is 1. The fraction of sp³-hybridized carbons (Fsp3) is 0.308. The molecule has 0 aliphatic heterocycles. The van der Waals surface area contributed by atoms with Crippen LogP contribution in [0, 0.1) is 0 Å². The van der Waals surface area contributed by atoms with Gasteiger partial charge in [0.05, 0.1) is 13.2 Å². The number of H-pyrrole nitrogens is 1. The van der Waals surface area contributed by atoms with Gasteiger partial charge in [-0.2, -0.15) is 15.4 Å². The number of aliphatic hydroxyl groups is 1. The molecule has 8 nitrogen and oxygen atoms in total. The molecule has 0 aliphatic rings. The molecule has 0 radical (unpaired) electrons. The Morgan fingerprint density at radius 3 is 2.73 bits per heavy atom. The monoisotopic (exact) mass is 370 g/mol. The topological polar surface area (TPSA) is 123 Å². The van der Waals surface area contributed by atoms with Crippen LogP contribution in [0.2, 0.25) is 0 Å². The molecular formula is C13H15BrN4O4. The van der Waals surface area contributed by atoms with E-state index in [0.29, 0.717) is 33.8 Å². The third-order valence-electron chi connectivity index (χ3n) is 2.72. The van der Waals surface area contributed by atoms with E-state index < -0.39 is 5.91 Å². The molecular weight excluding hydrogens is 356 g/mol. The number of hydrogen-bond acceptors (Lipinski definition) is 6. The summed E-state index contributed by atoms with van der Waals surface area (Å²) >= 11 is 3.40. The number of aliphatic hydroxyl groups excluding tert-OH is 1. The van der Waals surface area contributed by atoms with Gasteiger partial charge in [-0.05, 0) is 35.0 Å². The van der Waals surface area contributed by atoms with E-state index in [1.54, 1.807) is 12.1 Å². The minimum Gasteiger partial charge on any atom is -0.490 e. The highest BCUT2D eigenvalue weighted by atomic mass is 79.9. The Hall–Kier alpha value is -2.13. The molecule has 0 spiro atoms. The molecule has 0 atom stereocenters. The fourth-order valence-corrected chi connectivity index (χ4v) is 2.35. The van der Waals surface area contributed by atoms with Gasteiger partial charge in [0.1, 0.15) is 12.3 Å². The minimum absolute atomic E-state index is 0.0344. The number of aromatic nitrogens is 3. The smallest absolute Gasteiger partial charge is 0.271 e. The van der Waals surface area contributed by atoms with Crippen LogP contribution in [-0.4, -0.2) is 46.2 Å². The highest BCUT2D eigenvalue weighted by Gasteiger charge is 2.20. The van der Waals surface area contributed by atoms with Gasteiger partial charge < -0.3 is 20.3 Å². The normalized spacial score (nSPS) is 10.5. The highest BCUT2D eigenvalue weighted by molar-refractivity contribution is 9.10. The van der Waals surface area contributed by atoms with Crippen LogP contribution in [0.25, 0.3) is 11.3 Å². The van der Waals surface area contributed by atoms with Crippen LogP contribution in [0.4, 0.5) is 0 Å². The minimum atomic E-state index is -0.686. The van der Waals surface area contributed by atoms with Crippen molar-refractivity contribution in [1.29, 1.82) is 0 Å². The van der Waals surface area contributed by atoms with E-state index in [4.69, 9.17) is 20.3 Å². The van der Waals surface area contributed by atoms with Crippen molar-refractivity contribution in [3.63, 3.8) is 0 Å². The summed E-state index contributed by atoms with van der Waals surface area (Å²) in [4.78, 5) is 11.4. The van der Waals surface area contributed by atoms with Crippen molar-refractivity contribution in [1.82, 2.24) is 15.4 Å². The Morgan fingerprint density at radius 1 is 1.36 bits per heavy atom. The number of benzene rings is 1. The Bertz CT molecular complexity index is 674. The Balaban J connectivity index is 2.50. The van der Waals surface area contributed by atoms with E-state index in [1.165, 1.54) is 0 Å². The second kappa shape index (κ2) is 7.23. The molecule has 2 rings (SSSR count). The van der Waals surface area contributed by atoms with Gasteiger partial charge in [0, 0.05) is 10.0 Å². The zero-order chi connectivity index (χ0) is 16.1. The number of rotatable bonds is 7. The van der Waals surface area contributed by atoms with E-state index in [2.05, 4.69) is 31.3 Å². The summed E-state index contributed by atoms with van der Waals surface area (Å²) in [7, 11) is 0. The molecule has 0 aliphatic carbocycles. The van der Waals surface area contributed by atoms with Gasteiger partial charge in [-0.15, -0.1) is 0 Å². The van der Waals surface area contributed by atoms with Gasteiger partial charge in [-0.25, -0.2) is 0 Å². The Morgan fingerprint density at radius 2 is 2.09 bits per heavy atom. The van der Waals surface area contributed by atoms with Gasteiger partial charge in [-0.1, -0.05) is 0 Å². The molecule has 1 aromatic carbocycles. The third-order valence-corrected chi connectivity index (χ3v) is 3.37. The maximum Gasteiger partial charge on any atom is 0.271 e. The molecule has 118 valence electrons. The number of carbonyl (C=O) groups excluding carboxylic acids is 1. The average molecular weight is 371 g/mol. The molecule has 0 bridgehead atoms. The highest BCUT2D eigenvalue weighted by Crippen LogP contribution is 2.38. The maximum atomic E-state index is 11.4. The third kappa shape index (κ3) is 3.37. The number of nitrogens with two attached hydrogens (primary N) is 1. The van der Waals surface area contributed by atoms with Crippen LogP contribution in [0.15, 0.2) is 16.6 Å². The number of aromatic amines is 1. The van der Waals surface area contributed by atoms with Crippen molar-refractivity contribution in [2.75, 3.05) is 19.8 Å². The lowest BCUT2D eigenvalue weighted by atomic mass is 10.1. The second-order valence-electron chi connectivity index (χ2n) is 4.17. The molecule has 1 amide bonds. The van der Waals surface area contributed by atoms with Gasteiger partial charge in [0.2, 0.25) is 0 Å². The number of halogens is 1. The molecule has 4 N–H and O–H groups in total. The van der Waals surface area contributed by atoms with E-state index in [-0.39, 0.29) is 18.9 Å². The maximum absolute atomic E-state index is 11.4. The van der Waals surface area contributed by atoms with Crippen LogP contribution in [0.1, 0.15) is 17.4 Å². The van der Waals surface area contributed by atoms with E-state index in [1.807, 2.05) is 6.92 Å². The summed E-state index contributed by atoms with van der Waals surface area (Å²) in [5, 5.41) is 19.0. The molecule has 0 fully saturated rings. The molecule has 0 unspecified atom stereocenters. The first-order valence-electron chi connectivity index (χ1n) is 6.49. The van der Waals surface area contributed by atoms with Crippen molar-refractivity contribution in [3.05, 3.63) is 22.3 Å². The number of ether oxygens (including phenoxy) is 2. The van der Waals surface area contributed by atoms with Crippen LogP contribution >= 0.6 is 15.9 Å². The van der Waals surface area contributed by atoms with Crippen molar-refractivity contribution in [2.45, 2.75) is 6.92 Å². The average Bonchev–Trinajstić information content (AvgIpc) is 2.96. The Kier molecular flexibility index (Phi) is 5.34. The van der Waals surface area contributed by atoms with Crippen LogP contribution in [-0.2, 0) is 0 Å². The molecule has 2 aromatic rings. The molecule has 1 aromatic heterocycles. The largest absolute Gasteiger partial charge is 0.490 e. The lowest BCUT2D eigenvalue weighted by Crippen LogP contribution is -2.13. The molecule has 1 heterocycles. The SMILES string of the molecule is CCOc1cc(-c2n[nH]nc2C(N)=O)c(Br)cc1OCCO. The summed E-state index contributed by atoms with van der Waals surface area (Å²) in [6.07, 6.45) is 0. The van der Waals surface area contributed by atoms with Gasteiger partial charge in [-0.3, -0.25) is 4.79 Å². The number of carbonyl (C=O) groups is 1. The summed E-state index contributed by atoms with van der Waals surface area (Å²) in [6, 6.07) is 3.35. The standard InChI is InChI=1S/C13H15BrN4O4/c1-2-21-9-5-7(8(14)6-10(9)22-4-3-19)11-12(13(15)20)17-18-16-11/h5-6,19H,2-4H2,1H3,(H2,15,20)(H,16,17,18). The van der Waals surface area contributed by atoms with Crippen LogP contribution in [0.3, 0.4) is 0 Å². The van der Waals surface area contributed by atoms with Gasteiger partial charge >= 0.3 is 0 Å². The number of hydrogen-bond donors (Lipinski definition) is 3. The zero-order valence-electron chi connectivity index (χ0n) is 11.8. The summed E-state index contributed by atoms with van der Waals surface area (Å²) < 4.78 is 11.6. The second-order valence-corrected chi connectivity index (χ2v) is 5.02. The van der Waals surface area contributed by atoms with Crippen LogP contribution < -0.4 is 15.2 Å². The van der Waals surface area contributed by atoms with E-state index in [9.17, 15) is 4.79 Å². The quantitative estimate of drug-likeness (QED) is 0.670. The number of amides is 1. The van der Waals surface area contributed by atoms with Gasteiger partial charge in [0.25, 0.3) is 5.91 Å². The fourth-order valence-electron chi connectivity index (χ4n) is 1.84. The first kappa shape index (κ1) is 16.2. The summed E-state index contributed by atoms with van der Waals surface area (Å²) in [5.74, 6) is 0.248. The predicted octanol–water partition coefficient (Wildman–Crippen LogP) is 1.10. The van der Waals surface area contributed by atoms with Gasteiger partial charge in [0.15, 0.2) is 17.2 Å². The number of primary amides is 1. The molecule has 0 saturated heterocycles. The molecule has 22 heavy (non-hydrogen) atoms. The Labute approximate surface area is 134 Å². The van der Waals surface area contributed by atoms with E-state index >= 15 is 0 Å². The van der Waals surface area contributed by atoms with Crippen LogP contribution in [0.5, 0.6) is 11.5 Å². The van der Waals surface area contributed by atoms with Crippen molar-refractivity contribution in [3.8, 4) is 22.8 Å². The predicted molar refractivity (Wildman–Crippen MR) is 81.8 cm³/mol. The van der Waals surface area contributed by atoms with E-state index in [0.717, 1.165) is 0 Å². The van der Waals surface area contributed by atoms with Crippen molar-refractivity contribution < 1.29 is 19.4 Å². The number of nitrogens with zero attached hydrogens (tertiary/aromatic N) is 2. The first-order chi connectivity index (χ1) is 10.6. The zero-order valence-corrected chi connectivity index (χ0v) is 13.4. The molecule has 0 saturated carbocycles. The summed E-state index contributed by atoms with van der Waals surface area (Å²) in [6.45, 7) is 2.29. The molecule has 9 heteroatoms. The van der Waals surface area contributed by atoms with Crippen molar-refractivity contribution in [2.24, 2.45) is 5.73 Å². The summed E-state index contributed by atoms with van der Waals surface area (Å²) in [5.41, 5.74) is 6.21. The lowest BCUT2D eigenvalue weighted by molar-refractivity contribution is 0.0996. The first-order valence-corrected chi connectivity index (χ1v) is 7.28.